The lowest BCUT2D eigenvalue weighted by molar-refractivity contribution is 0.102. The van der Waals surface area contributed by atoms with Gasteiger partial charge >= 0.3 is 0 Å². The van der Waals surface area contributed by atoms with E-state index >= 15 is 0 Å². The zero-order valence-electron chi connectivity index (χ0n) is 12.5. The Hall–Kier alpha value is -1.06. The minimum atomic E-state index is 0.547. The van der Waals surface area contributed by atoms with Crippen molar-refractivity contribution >= 4 is 0 Å². The molecular weight excluding hydrogens is 248 g/mol. The minimum Gasteiger partial charge on any atom is -0.493 e. The average Bonchev–Trinajstić information content (AvgIpc) is 2.52. The quantitative estimate of drug-likeness (QED) is 0.913. The smallest absolute Gasteiger partial charge is 0.124 e. The van der Waals surface area contributed by atoms with Gasteiger partial charge in [0.15, 0.2) is 0 Å². The van der Waals surface area contributed by atoms with Crippen LogP contribution in [0.5, 0.6) is 5.75 Å². The lowest BCUT2D eigenvalue weighted by Crippen LogP contribution is -2.47. The van der Waals surface area contributed by atoms with Crippen molar-refractivity contribution in [3.8, 4) is 5.75 Å². The van der Waals surface area contributed by atoms with E-state index in [1.807, 2.05) is 0 Å². The molecule has 2 aliphatic heterocycles. The molecule has 110 valence electrons. The fourth-order valence-corrected chi connectivity index (χ4v) is 3.51. The summed E-state index contributed by atoms with van der Waals surface area (Å²) in [6, 6.07) is 9.77. The predicted octanol–water partition coefficient (Wildman–Crippen LogP) is 2.97. The molecule has 1 N–H and O–H groups in total. The van der Waals surface area contributed by atoms with Crippen LogP contribution in [0.1, 0.15) is 44.2 Å². The first-order valence-electron chi connectivity index (χ1n) is 8.07. The highest BCUT2D eigenvalue weighted by Gasteiger charge is 2.30. The summed E-state index contributed by atoms with van der Waals surface area (Å²) in [7, 11) is 0. The SMILES string of the molecule is CCCNC1CCCN(C2CCOc3ccccc32)C1. The van der Waals surface area contributed by atoms with Crippen LogP contribution in [0.2, 0.25) is 0 Å². The van der Waals surface area contributed by atoms with Crippen LogP contribution < -0.4 is 10.1 Å². The monoisotopic (exact) mass is 274 g/mol. The van der Waals surface area contributed by atoms with Crippen LogP contribution in [-0.4, -0.2) is 37.2 Å². The van der Waals surface area contributed by atoms with Crippen molar-refractivity contribution in [1.29, 1.82) is 0 Å². The summed E-state index contributed by atoms with van der Waals surface area (Å²) in [6.45, 7) is 6.64. The first kappa shape index (κ1) is 13.9. The molecule has 20 heavy (non-hydrogen) atoms. The fraction of sp³-hybridized carbons (Fsp3) is 0.647. The third-order valence-electron chi connectivity index (χ3n) is 4.50. The molecule has 2 atom stereocenters. The Labute approximate surface area is 122 Å². The van der Waals surface area contributed by atoms with Crippen LogP contribution in [0.4, 0.5) is 0 Å². The molecule has 1 aromatic carbocycles. The molecule has 2 heterocycles. The molecule has 2 unspecified atom stereocenters. The maximum Gasteiger partial charge on any atom is 0.124 e. The molecule has 3 rings (SSSR count). The van der Waals surface area contributed by atoms with Gasteiger partial charge in [-0.1, -0.05) is 25.1 Å². The summed E-state index contributed by atoms with van der Waals surface area (Å²) < 4.78 is 5.79. The van der Waals surface area contributed by atoms with E-state index in [2.05, 4.69) is 41.4 Å². The summed E-state index contributed by atoms with van der Waals surface area (Å²) >= 11 is 0. The molecule has 0 bridgehead atoms. The van der Waals surface area contributed by atoms with Crippen molar-refractivity contribution in [3.05, 3.63) is 29.8 Å². The molecular formula is C17H26N2O. The molecule has 0 spiro atoms. The zero-order chi connectivity index (χ0) is 13.8. The number of hydrogen-bond acceptors (Lipinski definition) is 3. The number of piperidine rings is 1. The molecule has 0 amide bonds. The second-order valence-electron chi connectivity index (χ2n) is 5.98. The molecule has 1 aromatic rings. The van der Waals surface area contributed by atoms with E-state index in [4.69, 9.17) is 4.74 Å². The predicted molar refractivity (Wildman–Crippen MR) is 82.2 cm³/mol. The fourth-order valence-electron chi connectivity index (χ4n) is 3.51. The minimum absolute atomic E-state index is 0.547. The van der Waals surface area contributed by atoms with Gasteiger partial charge in [-0.25, -0.2) is 0 Å². The summed E-state index contributed by atoms with van der Waals surface area (Å²) in [4.78, 5) is 2.66. The summed E-state index contributed by atoms with van der Waals surface area (Å²) in [5, 5.41) is 3.69. The van der Waals surface area contributed by atoms with E-state index in [0.717, 1.165) is 25.3 Å². The van der Waals surface area contributed by atoms with Gasteiger partial charge in [-0.3, -0.25) is 4.90 Å². The Bertz CT molecular complexity index is 435. The number of hydrogen-bond donors (Lipinski definition) is 1. The van der Waals surface area contributed by atoms with Crippen LogP contribution in [0.15, 0.2) is 24.3 Å². The molecule has 3 heteroatoms. The summed E-state index contributed by atoms with van der Waals surface area (Å²) in [5.41, 5.74) is 1.38. The van der Waals surface area contributed by atoms with E-state index < -0.39 is 0 Å². The Morgan fingerprint density at radius 2 is 2.20 bits per heavy atom. The normalized spacial score (nSPS) is 26.9. The Balaban J connectivity index is 1.70. The van der Waals surface area contributed by atoms with Crippen LogP contribution in [0.3, 0.4) is 0 Å². The van der Waals surface area contributed by atoms with Crippen LogP contribution in [0.25, 0.3) is 0 Å². The molecule has 2 aliphatic rings. The molecule has 0 radical (unpaired) electrons. The number of benzene rings is 1. The maximum atomic E-state index is 5.79. The largest absolute Gasteiger partial charge is 0.493 e. The second kappa shape index (κ2) is 6.59. The lowest BCUT2D eigenvalue weighted by Gasteiger charge is -2.40. The van der Waals surface area contributed by atoms with Gasteiger partial charge in [-0.15, -0.1) is 0 Å². The molecule has 0 aromatic heterocycles. The van der Waals surface area contributed by atoms with Crippen molar-refractivity contribution < 1.29 is 4.74 Å². The van der Waals surface area contributed by atoms with Gasteiger partial charge in [0.05, 0.1) is 6.61 Å². The van der Waals surface area contributed by atoms with E-state index in [-0.39, 0.29) is 0 Å². The molecule has 0 saturated carbocycles. The third-order valence-corrected chi connectivity index (χ3v) is 4.50. The standard InChI is InChI=1S/C17H26N2O/c1-2-10-18-14-6-5-11-19(13-14)16-9-12-20-17-8-4-3-7-15(16)17/h3-4,7-8,14,16,18H,2,5-6,9-13H2,1H3. The Morgan fingerprint density at radius 1 is 1.30 bits per heavy atom. The van der Waals surface area contributed by atoms with E-state index in [0.29, 0.717) is 12.1 Å². The molecule has 0 aliphatic carbocycles. The third kappa shape index (κ3) is 2.99. The van der Waals surface area contributed by atoms with Crippen molar-refractivity contribution in [2.24, 2.45) is 0 Å². The number of nitrogens with zero attached hydrogens (tertiary/aromatic N) is 1. The van der Waals surface area contributed by atoms with Crippen LogP contribution in [-0.2, 0) is 0 Å². The van der Waals surface area contributed by atoms with E-state index in [1.165, 1.54) is 37.9 Å². The Morgan fingerprint density at radius 3 is 3.10 bits per heavy atom. The van der Waals surface area contributed by atoms with Gasteiger partial charge in [-0.2, -0.15) is 0 Å². The van der Waals surface area contributed by atoms with Crippen molar-refractivity contribution in [2.45, 2.75) is 44.7 Å². The topological polar surface area (TPSA) is 24.5 Å². The first-order chi connectivity index (χ1) is 9.88. The number of fused-ring (bicyclic) bond motifs is 1. The van der Waals surface area contributed by atoms with E-state index in [1.54, 1.807) is 0 Å². The Kier molecular flexibility index (Phi) is 4.58. The maximum absolute atomic E-state index is 5.79. The summed E-state index contributed by atoms with van der Waals surface area (Å²) in [6.07, 6.45) is 4.97. The van der Waals surface area contributed by atoms with Crippen LogP contribution >= 0.6 is 0 Å². The molecule has 3 nitrogen and oxygen atoms in total. The zero-order valence-corrected chi connectivity index (χ0v) is 12.5. The van der Waals surface area contributed by atoms with Gasteiger partial charge in [0, 0.05) is 30.6 Å². The van der Waals surface area contributed by atoms with Gasteiger partial charge < -0.3 is 10.1 Å². The first-order valence-corrected chi connectivity index (χ1v) is 8.07. The molecule has 1 fully saturated rings. The van der Waals surface area contributed by atoms with Gasteiger partial charge in [0.25, 0.3) is 0 Å². The van der Waals surface area contributed by atoms with E-state index in [9.17, 15) is 0 Å². The number of nitrogens with one attached hydrogen (secondary N) is 1. The highest BCUT2D eigenvalue weighted by atomic mass is 16.5. The number of likely N-dealkylation sites (tertiary alicyclic amines) is 1. The second-order valence-corrected chi connectivity index (χ2v) is 5.98. The van der Waals surface area contributed by atoms with Gasteiger partial charge in [0.1, 0.15) is 5.75 Å². The van der Waals surface area contributed by atoms with Crippen molar-refractivity contribution in [1.82, 2.24) is 10.2 Å². The van der Waals surface area contributed by atoms with Gasteiger partial charge in [0.2, 0.25) is 0 Å². The van der Waals surface area contributed by atoms with Crippen molar-refractivity contribution in [2.75, 3.05) is 26.2 Å². The number of rotatable bonds is 4. The van der Waals surface area contributed by atoms with Crippen LogP contribution in [0, 0.1) is 0 Å². The number of ether oxygens (including phenoxy) is 1. The van der Waals surface area contributed by atoms with Crippen molar-refractivity contribution in [3.63, 3.8) is 0 Å². The number of para-hydroxylation sites is 1. The lowest BCUT2D eigenvalue weighted by atomic mass is 9.95. The molecule has 1 saturated heterocycles. The highest BCUT2D eigenvalue weighted by molar-refractivity contribution is 5.37. The highest BCUT2D eigenvalue weighted by Crippen LogP contribution is 2.36. The average molecular weight is 274 g/mol. The van der Waals surface area contributed by atoms with Gasteiger partial charge in [-0.05, 0) is 38.4 Å². The summed E-state index contributed by atoms with van der Waals surface area (Å²) in [5.74, 6) is 1.09.